The van der Waals surface area contributed by atoms with Gasteiger partial charge in [-0.2, -0.15) is 0 Å². The number of carbonyl (C=O) groups excluding carboxylic acids is 1. The van der Waals surface area contributed by atoms with Gasteiger partial charge in [0.05, 0.1) is 5.56 Å². The molecular weight excluding hydrogens is 310 g/mol. The molecule has 3 rings (SSSR count). The van der Waals surface area contributed by atoms with Crippen molar-refractivity contribution in [1.29, 1.82) is 0 Å². The molecule has 1 N–H and O–H groups in total. The Labute approximate surface area is 120 Å². The lowest BCUT2D eigenvalue weighted by Gasteiger charge is -2.29. The van der Waals surface area contributed by atoms with Gasteiger partial charge in [0.1, 0.15) is 13.2 Å². The molecule has 2 aliphatic heterocycles. The third-order valence-electron chi connectivity index (χ3n) is 3.70. The smallest absolute Gasteiger partial charge is 0.172 e. The van der Waals surface area contributed by atoms with Gasteiger partial charge >= 0.3 is 0 Å². The Morgan fingerprint density at radius 2 is 1.89 bits per heavy atom. The van der Waals surface area contributed by atoms with Crippen molar-refractivity contribution in [3.05, 3.63) is 21.7 Å². The molecule has 4 nitrogen and oxygen atoms in total. The molecule has 1 saturated heterocycles. The monoisotopic (exact) mass is 325 g/mol. The molecule has 0 radical (unpaired) electrons. The first-order valence-electron chi connectivity index (χ1n) is 6.59. The first-order chi connectivity index (χ1) is 9.31. The van der Waals surface area contributed by atoms with Crippen molar-refractivity contribution < 1.29 is 14.3 Å². The first kappa shape index (κ1) is 12.9. The third kappa shape index (κ3) is 2.37. The molecule has 0 atom stereocenters. The fourth-order valence-corrected chi connectivity index (χ4v) is 3.55. The highest BCUT2D eigenvalue weighted by atomic mass is 79.9. The van der Waals surface area contributed by atoms with Crippen LogP contribution in [0.15, 0.2) is 10.5 Å². The molecule has 19 heavy (non-hydrogen) atoms. The Hall–Kier alpha value is -1.07. The van der Waals surface area contributed by atoms with Crippen molar-refractivity contribution in [1.82, 2.24) is 5.32 Å². The molecule has 0 unspecified atom stereocenters. The van der Waals surface area contributed by atoms with Crippen LogP contribution in [0.4, 0.5) is 0 Å². The molecule has 0 aromatic heterocycles. The van der Waals surface area contributed by atoms with E-state index in [9.17, 15) is 4.79 Å². The molecule has 102 valence electrons. The second-order valence-corrected chi connectivity index (χ2v) is 5.71. The van der Waals surface area contributed by atoms with E-state index in [2.05, 4.69) is 21.2 Å². The van der Waals surface area contributed by atoms with E-state index in [1.807, 2.05) is 6.07 Å². The van der Waals surface area contributed by atoms with E-state index in [1.54, 1.807) is 0 Å². The zero-order valence-electron chi connectivity index (χ0n) is 10.6. The number of ether oxygens (including phenoxy) is 2. The minimum atomic E-state index is 0.451. The summed E-state index contributed by atoms with van der Waals surface area (Å²) in [7, 11) is 0. The SMILES string of the molecule is O=Cc1cc(Br)c(C2CCNCC2)c2c1OCCO2. The number of benzene rings is 1. The summed E-state index contributed by atoms with van der Waals surface area (Å²) in [5.41, 5.74) is 1.71. The van der Waals surface area contributed by atoms with Crippen molar-refractivity contribution in [3.8, 4) is 11.5 Å². The normalized spacial score (nSPS) is 19.2. The highest BCUT2D eigenvalue weighted by molar-refractivity contribution is 9.10. The Morgan fingerprint density at radius 3 is 2.58 bits per heavy atom. The summed E-state index contributed by atoms with van der Waals surface area (Å²) >= 11 is 3.59. The Kier molecular flexibility index (Phi) is 3.75. The summed E-state index contributed by atoms with van der Waals surface area (Å²) in [5.74, 6) is 1.82. The van der Waals surface area contributed by atoms with Crippen molar-refractivity contribution in [2.24, 2.45) is 0 Å². The number of piperidine rings is 1. The maximum Gasteiger partial charge on any atom is 0.172 e. The summed E-state index contributed by atoms with van der Waals surface area (Å²) in [6.07, 6.45) is 2.98. The summed E-state index contributed by atoms with van der Waals surface area (Å²) in [5, 5.41) is 3.36. The summed E-state index contributed by atoms with van der Waals surface area (Å²) < 4.78 is 12.4. The molecule has 5 heteroatoms. The van der Waals surface area contributed by atoms with Crippen molar-refractivity contribution >= 4 is 22.2 Å². The van der Waals surface area contributed by atoms with Crippen LogP contribution in [0.5, 0.6) is 11.5 Å². The van der Waals surface area contributed by atoms with Gasteiger partial charge in [0, 0.05) is 10.0 Å². The van der Waals surface area contributed by atoms with Gasteiger partial charge in [0.15, 0.2) is 17.8 Å². The largest absolute Gasteiger partial charge is 0.486 e. The lowest BCUT2D eigenvalue weighted by Crippen LogP contribution is -2.28. The topological polar surface area (TPSA) is 47.6 Å². The average molecular weight is 326 g/mol. The quantitative estimate of drug-likeness (QED) is 0.849. The fraction of sp³-hybridized carbons (Fsp3) is 0.500. The number of rotatable bonds is 2. The van der Waals surface area contributed by atoms with Gasteiger partial charge in [-0.15, -0.1) is 0 Å². The van der Waals surface area contributed by atoms with E-state index in [0.29, 0.717) is 30.4 Å². The number of aldehydes is 1. The lowest BCUT2D eigenvalue weighted by molar-refractivity contribution is 0.111. The number of halogens is 1. The zero-order valence-corrected chi connectivity index (χ0v) is 12.2. The van der Waals surface area contributed by atoms with Crippen molar-refractivity contribution in [3.63, 3.8) is 0 Å². The molecule has 1 fully saturated rings. The van der Waals surface area contributed by atoms with Gasteiger partial charge < -0.3 is 14.8 Å². The molecule has 1 aromatic carbocycles. The minimum absolute atomic E-state index is 0.451. The second-order valence-electron chi connectivity index (χ2n) is 4.86. The first-order valence-corrected chi connectivity index (χ1v) is 7.38. The molecular formula is C14H16BrNO3. The van der Waals surface area contributed by atoms with E-state index in [0.717, 1.165) is 48.0 Å². The van der Waals surface area contributed by atoms with Crippen LogP contribution in [0.25, 0.3) is 0 Å². The van der Waals surface area contributed by atoms with Crippen molar-refractivity contribution in [2.45, 2.75) is 18.8 Å². The van der Waals surface area contributed by atoms with E-state index >= 15 is 0 Å². The van der Waals surface area contributed by atoms with Crippen LogP contribution in [-0.4, -0.2) is 32.6 Å². The Balaban J connectivity index is 2.09. The Morgan fingerprint density at radius 1 is 1.21 bits per heavy atom. The second kappa shape index (κ2) is 5.51. The lowest BCUT2D eigenvalue weighted by atomic mass is 9.88. The molecule has 0 amide bonds. The third-order valence-corrected chi connectivity index (χ3v) is 4.36. The predicted octanol–water partition coefficient (Wildman–Crippen LogP) is 2.50. The van der Waals surface area contributed by atoms with E-state index in [4.69, 9.17) is 9.47 Å². The highest BCUT2D eigenvalue weighted by Gasteiger charge is 2.28. The number of hydrogen-bond acceptors (Lipinski definition) is 4. The maximum absolute atomic E-state index is 11.2. The molecule has 2 aliphatic rings. The van der Waals surface area contributed by atoms with Crippen LogP contribution >= 0.6 is 15.9 Å². The van der Waals surface area contributed by atoms with Crippen molar-refractivity contribution in [2.75, 3.05) is 26.3 Å². The van der Waals surface area contributed by atoms with Gasteiger partial charge in [-0.1, -0.05) is 15.9 Å². The van der Waals surface area contributed by atoms with Crippen LogP contribution in [0.2, 0.25) is 0 Å². The maximum atomic E-state index is 11.2. The van der Waals surface area contributed by atoms with Crippen LogP contribution < -0.4 is 14.8 Å². The fourth-order valence-electron chi connectivity index (χ4n) is 2.80. The average Bonchev–Trinajstić information content (AvgIpc) is 2.47. The van der Waals surface area contributed by atoms with E-state index < -0.39 is 0 Å². The summed E-state index contributed by atoms with van der Waals surface area (Å²) in [4.78, 5) is 11.2. The molecule has 1 aromatic rings. The summed E-state index contributed by atoms with van der Waals surface area (Å²) in [6, 6.07) is 1.85. The van der Waals surface area contributed by atoms with Gasteiger partial charge in [0.2, 0.25) is 0 Å². The number of nitrogens with one attached hydrogen (secondary N) is 1. The number of carbonyl (C=O) groups is 1. The van der Waals surface area contributed by atoms with Crippen LogP contribution in [0.1, 0.15) is 34.7 Å². The minimum Gasteiger partial charge on any atom is -0.486 e. The predicted molar refractivity (Wildman–Crippen MR) is 75.4 cm³/mol. The molecule has 0 saturated carbocycles. The molecule has 0 aliphatic carbocycles. The zero-order chi connectivity index (χ0) is 13.2. The van der Waals surface area contributed by atoms with Crippen LogP contribution in [0.3, 0.4) is 0 Å². The molecule has 0 spiro atoms. The Bertz CT molecular complexity index is 498. The van der Waals surface area contributed by atoms with Gasteiger partial charge in [-0.05, 0) is 37.9 Å². The molecule has 0 bridgehead atoms. The van der Waals surface area contributed by atoms with E-state index in [1.165, 1.54) is 0 Å². The van der Waals surface area contributed by atoms with Gasteiger partial charge in [0.25, 0.3) is 0 Å². The molecule has 2 heterocycles. The van der Waals surface area contributed by atoms with E-state index in [-0.39, 0.29) is 0 Å². The number of hydrogen-bond donors (Lipinski definition) is 1. The standard InChI is InChI=1S/C14H16BrNO3/c15-11-7-10(8-17)13-14(19-6-5-18-13)12(11)9-1-3-16-4-2-9/h7-9,16H,1-6H2. The van der Waals surface area contributed by atoms with Gasteiger partial charge in [-0.3, -0.25) is 4.79 Å². The summed E-state index contributed by atoms with van der Waals surface area (Å²) in [6.45, 7) is 3.07. The van der Waals surface area contributed by atoms with Gasteiger partial charge in [-0.25, -0.2) is 0 Å². The van der Waals surface area contributed by atoms with Crippen LogP contribution in [-0.2, 0) is 0 Å². The number of fused-ring (bicyclic) bond motifs is 1. The van der Waals surface area contributed by atoms with Crippen LogP contribution in [0, 0.1) is 0 Å². The highest BCUT2D eigenvalue weighted by Crippen LogP contribution is 2.46.